The molecular weight excluding hydrogens is 312 g/mol. The predicted octanol–water partition coefficient (Wildman–Crippen LogP) is 2.49. The van der Waals surface area contributed by atoms with Gasteiger partial charge in [-0.2, -0.15) is 10.4 Å². The number of aromatic nitrogens is 2. The Hall–Kier alpha value is -1.68. The van der Waals surface area contributed by atoms with Crippen LogP contribution in [-0.2, 0) is 22.7 Å². The molecule has 1 N–H and O–H groups in total. The van der Waals surface area contributed by atoms with E-state index >= 15 is 0 Å². The van der Waals surface area contributed by atoms with Crippen molar-refractivity contribution in [3.63, 3.8) is 0 Å². The summed E-state index contributed by atoms with van der Waals surface area (Å²) < 4.78 is 23.5. The molecule has 0 aliphatic heterocycles. The average Bonchev–Trinajstić information content (AvgIpc) is 2.53. The van der Waals surface area contributed by atoms with E-state index in [4.69, 9.17) is 0 Å². The molecule has 7 heteroatoms. The summed E-state index contributed by atoms with van der Waals surface area (Å²) in [5.41, 5.74) is 2.16. The minimum absolute atomic E-state index is 0.219. The molecule has 1 aromatic rings. The maximum absolute atomic E-state index is 12.2. The number of nitrogens with zero attached hydrogens (tertiary/aromatic N) is 3. The third-order valence-corrected chi connectivity index (χ3v) is 6.91. The van der Waals surface area contributed by atoms with Gasteiger partial charge in [0.05, 0.1) is 10.4 Å². The highest BCUT2D eigenvalue weighted by Gasteiger charge is 2.37. The van der Waals surface area contributed by atoms with E-state index in [1.165, 1.54) is 6.26 Å². The number of hydrogen-bond donors (Lipinski definition) is 1. The number of nitrogens with one attached hydrogen (secondary N) is 1. The smallest absolute Gasteiger partial charge is 0.166 e. The van der Waals surface area contributed by atoms with Gasteiger partial charge in [-0.1, -0.05) is 27.7 Å². The Balaban J connectivity index is 3.23. The predicted molar refractivity (Wildman–Crippen MR) is 92.1 cm³/mol. The highest BCUT2D eigenvalue weighted by molar-refractivity contribution is 7.92. The molecule has 0 fully saturated rings. The molecule has 0 radical (unpaired) electrons. The monoisotopic (exact) mass is 338 g/mol. The van der Waals surface area contributed by atoms with Crippen LogP contribution in [0.5, 0.6) is 0 Å². The fourth-order valence-electron chi connectivity index (χ4n) is 2.82. The topological polar surface area (TPSA) is 95.7 Å². The van der Waals surface area contributed by atoms with E-state index in [1.807, 2.05) is 27.7 Å². The van der Waals surface area contributed by atoms with Crippen molar-refractivity contribution in [2.24, 2.45) is 0 Å². The van der Waals surface area contributed by atoms with Crippen LogP contribution < -0.4 is 5.32 Å². The molecular formula is C16H26N4O2S. The van der Waals surface area contributed by atoms with Crippen LogP contribution in [-0.4, -0.2) is 36.2 Å². The minimum Gasteiger partial charge on any atom is -0.366 e. The largest absolute Gasteiger partial charge is 0.366 e. The maximum atomic E-state index is 12.2. The molecule has 0 aliphatic carbocycles. The quantitative estimate of drug-likeness (QED) is 0.782. The van der Waals surface area contributed by atoms with Crippen LogP contribution in [0, 0.1) is 11.3 Å². The Morgan fingerprint density at radius 1 is 1.13 bits per heavy atom. The lowest BCUT2D eigenvalue weighted by Gasteiger charge is -2.30. The fourth-order valence-corrected chi connectivity index (χ4v) is 4.20. The van der Waals surface area contributed by atoms with Gasteiger partial charge in [0.2, 0.25) is 0 Å². The molecule has 128 valence electrons. The zero-order chi connectivity index (χ0) is 17.7. The second-order valence-corrected chi connectivity index (χ2v) is 8.09. The number of anilines is 1. The van der Waals surface area contributed by atoms with Crippen molar-refractivity contribution >= 4 is 15.7 Å². The van der Waals surface area contributed by atoms with Crippen molar-refractivity contribution in [1.82, 2.24) is 10.2 Å². The Kier molecular flexibility index (Phi) is 6.51. The zero-order valence-electron chi connectivity index (χ0n) is 14.6. The molecule has 1 heterocycles. The zero-order valence-corrected chi connectivity index (χ0v) is 15.4. The summed E-state index contributed by atoms with van der Waals surface area (Å²) in [4.78, 5) is 0. The van der Waals surface area contributed by atoms with Gasteiger partial charge in [-0.25, -0.2) is 8.42 Å². The average molecular weight is 338 g/mol. The fraction of sp³-hybridized carbons (Fsp3) is 0.688. The standard InChI is InChI=1S/C16H26N4O2S/c1-6-12-13(10-17)15(20-19-14(12)7-2)18-11-16(8-3,9-4)23(5,21)22/h6-9,11H2,1-5H3,(H,18,20). The van der Waals surface area contributed by atoms with Gasteiger partial charge >= 0.3 is 0 Å². The molecule has 0 unspecified atom stereocenters. The lowest BCUT2D eigenvalue weighted by molar-refractivity contribution is 0.498. The summed E-state index contributed by atoms with van der Waals surface area (Å²) in [6.07, 6.45) is 3.66. The molecule has 0 bridgehead atoms. The first kappa shape index (κ1) is 19.4. The number of aryl methyl sites for hydroxylation is 1. The first-order valence-corrected chi connectivity index (χ1v) is 9.91. The number of nitriles is 1. The van der Waals surface area contributed by atoms with Crippen LogP contribution in [0.4, 0.5) is 5.82 Å². The second-order valence-electron chi connectivity index (χ2n) is 5.68. The number of hydrogen-bond acceptors (Lipinski definition) is 6. The molecule has 0 saturated carbocycles. The van der Waals surface area contributed by atoms with E-state index in [-0.39, 0.29) is 6.54 Å². The van der Waals surface area contributed by atoms with E-state index in [9.17, 15) is 13.7 Å². The van der Waals surface area contributed by atoms with E-state index in [0.29, 0.717) is 37.1 Å². The molecule has 6 nitrogen and oxygen atoms in total. The van der Waals surface area contributed by atoms with Crippen LogP contribution in [0.25, 0.3) is 0 Å². The molecule has 1 aromatic heterocycles. The molecule has 0 atom stereocenters. The van der Waals surface area contributed by atoms with Gasteiger partial charge in [0, 0.05) is 12.8 Å². The van der Waals surface area contributed by atoms with Gasteiger partial charge in [0.15, 0.2) is 15.7 Å². The van der Waals surface area contributed by atoms with Crippen LogP contribution in [0.1, 0.15) is 57.4 Å². The Morgan fingerprint density at radius 2 is 1.74 bits per heavy atom. The van der Waals surface area contributed by atoms with Crippen LogP contribution in [0.15, 0.2) is 0 Å². The van der Waals surface area contributed by atoms with E-state index in [1.54, 1.807) is 0 Å². The van der Waals surface area contributed by atoms with E-state index in [0.717, 1.165) is 11.3 Å². The van der Waals surface area contributed by atoms with E-state index < -0.39 is 14.6 Å². The molecule has 0 saturated heterocycles. The van der Waals surface area contributed by atoms with Crippen molar-refractivity contribution < 1.29 is 8.42 Å². The van der Waals surface area contributed by atoms with Gasteiger partial charge in [0.25, 0.3) is 0 Å². The molecule has 0 amide bonds. The Labute approximate surface area is 139 Å². The number of rotatable bonds is 8. The van der Waals surface area contributed by atoms with Crippen molar-refractivity contribution in [3.05, 3.63) is 16.8 Å². The third kappa shape index (κ3) is 3.81. The first-order chi connectivity index (χ1) is 10.8. The van der Waals surface area contributed by atoms with Crippen LogP contribution in [0.2, 0.25) is 0 Å². The maximum Gasteiger partial charge on any atom is 0.166 e. The molecule has 1 rings (SSSR count). The molecule has 0 aromatic carbocycles. The molecule has 0 aliphatic rings. The highest BCUT2D eigenvalue weighted by atomic mass is 32.2. The second kappa shape index (κ2) is 7.73. The highest BCUT2D eigenvalue weighted by Crippen LogP contribution is 2.27. The normalized spacial score (nSPS) is 12.0. The van der Waals surface area contributed by atoms with Crippen molar-refractivity contribution in [2.45, 2.75) is 58.1 Å². The van der Waals surface area contributed by atoms with Crippen molar-refractivity contribution in [2.75, 3.05) is 18.1 Å². The summed E-state index contributed by atoms with van der Waals surface area (Å²) >= 11 is 0. The Bertz CT molecular complexity index is 689. The third-order valence-electron chi connectivity index (χ3n) is 4.61. The summed E-state index contributed by atoms with van der Waals surface area (Å²) in [5.74, 6) is 0.372. The van der Waals surface area contributed by atoms with Crippen LogP contribution in [0.3, 0.4) is 0 Å². The van der Waals surface area contributed by atoms with E-state index in [2.05, 4.69) is 21.6 Å². The van der Waals surface area contributed by atoms with Gasteiger partial charge in [-0.3, -0.25) is 0 Å². The lowest BCUT2D eigenvalue weighted by atomic mass is 10.0. The molecule has 23 heavy (non-hydrogen) atoms. The lowest BCUT2D eigenvalue weighted by Crippen LogP contribution is -2.43. The van der Waals surface area contributed by atoms with Gasteiger partial charge in [-0.05, 0) is 31.2 Å². The summed E-state index contributed by atoms with van der Waals surface area (Å²) in [7, 11) is -3.24. The number of sulfone groups is 1. The van der Waals surface area contributed by atoms with Gasteiger partial charge in [-0.15, -0.1) is 5.10 Å². The van der Waals surface area contributed by atoms with Crippen LogP contribution >= 0.6 is 0 Å². The minimum atomic E-state index is -3.24. The van der Waals surface area contributed by atoms with Gasteiger partial charge in [0.1, 0.15) is 11.6 Å². The summed E-state index contributed by atoms with van der Waals surface area (Å²) in [5, 5.41) is 20.8. The van der Waals surface area contributed by atoms with Gasteiger partial charge < -0.3 is 5.32 Å². The summed E-state index contributed by atoms with van der Waals surface area (Å²) in [6, 6.07) is 2.19. The van der Waals surface area contributed by atoms with Crippen molar-refractivity contribution in [3.8, 4) is 6.07 Å². The first-order valence-electron chi connectivity index (χ1n) is 8.02. The van der Waals surface area contributed by atoms with Crippen molar-refractivity contribution in [1.29, 1.82) is 5.26 Å². The summed E-state index contributed by atoms with van der Waals surface area (Å²) in [6.45, 7) is 7.89. The Morgan fingerprint density at radius 3 is 2.13 bits per heavy atom. The molecule has 0 spiro atoms. The SMILES string of the molecule is CCc1nnc(NCC(CC)(CC)S(C)(=O)=O)c(C#N)c1CC.